The number of nitrogens with zero attached hydrogens (tertiary/aromatic N) is 1. The average Bonchev–Trinajstić information content (AvgIpc) is 2.16. The molecule has 0 heterocycles. The summed E-state index contributed by atoms with van der Waals surface area (Å²) in [6, 6.07) is 7.26. The van der Waals surface area contributed by atoms with Crippen molar-refractivity contribution in [3.05, 3.63) is 23.8 Å². The molecule has 0 radical (unpaired) electrons. The van der Waals surface area contributed by atoms with Gasteiger partial charge < -0.3 is 9.47 Å². The van der Waals surface area contributed by atoms with E-state index in [1.165, 1.54) is 0 Å². The molecule has 1 aromatic rings. The molecule has 0 amide bonds. The van der Waals surface area contributed by atoms with Crippen molar-refractivity contribution in [3.63, 3.8) is 0 Å². The van der Waals surface area contributed by atoms with Crippen LogP contribution in [0.15, 0.2) is 18.2 Å². The van der Waals surface area contributed by atoms with E-state index in [1.807, 2.05) is 13.8 Å². The molecule has 3 heteroatoms. The van der Waals surface area contributed by atoms with Crippen molar-refractivity contribution in [2.45, 2.75) is 20.0 Å². The fourth-order valence-electron chi connectivity index (χ4n) is 1.12. The van der Waals surface area contributed by atoms with Gasteiger partial charge in [0.15, 0.2) is 0 Å². The Hall–Kier alpha value is -1.69. The molecule has 0 spiro atoms. The zero-order valence-corrected chi connectivity index (χ0v) is 8.57. The van der Waals surface area contributed by atoms with Crippen LogP contribution in [0.1, 0.15) is 19.4 Å². The lowest BCUT2D eigenvalue weighted by molar-refractivity contribution is 0.242. The smallest absolute Gasteiger partial charge is 0.136 e. The molecular weight excluding hydrogens is 178 g/mol. The van der Waals surface area contributed by atoms with Crippen molar-refractivity contribution in [1.82, 2.24) is 0 Å². The first-order valence-corrected chi connectivity index (χ1v) is 4.42. The van der Waals surface area contributed by atoms with Gasteiger partial charge in [0, 0.05) is 6.07 Å². The number of hydrogen-bond donors (Lipinski definition) is 0. The first-order valence-electron chi connectivity index (χ1n) is 4.42. The summed E-state index contributed by atoms with van der Waals surface area (Å²) in [6.45, 7) is 3.88. The van der Waals surface area contributed by atoms with Crippen molar-refractivity contribution >= 4 is 0 Å². The number of methoxy groups -OCH3 is 1. The molecule has 0 aromatic heterocycles. The monoisotopic (exact) mass is 191 g/mol. The highest BCUT2D eigenvalue weighted by molar-refractivity contribution is 5.47. The highest BCUT2D eigenvalue weighted by atomic mass is 16.5. The van der Waals surface area contributed by atoms with E-state index >= 15 is 0 Å². The van der Waals surface area contributed by atoms with E-state index < -0.39 is 0 Å². The maximum Gasteiger partial charge on any atom is 0.136 e. The second kappa shape index (κ2) is 4.52. The third-order valence-electron chi connectivity index (χ3n) is 1.66. The number of rotatable bonds is 3. The summed E-state index contributed by atoms with van der Waals surface area (Å²) < 4.78 is 10.5. The summed E-state index contributed by atoms with van der Waals surface area (Å²) in [5, 5.41) is 8.82. The fraction of sp³-hybridized carbons (Fsp3) is 0.364. The Labute approximate surface area is 83.9 Å². The zero-order chi connectivity index (χ0) is 10.6. The fourth-order valence-corrected chi connectivity index (χ4v) is 1.12. The molecule has 3 nitrogen and oxygen atoms in total. The molecule has 0 atom stereocenters. The Kier molecular flexibility index (Phi) is 3.35. The molecule has 1 aromatic carbocycles. The Morgan fingerprint density at radius 3 is 2.57 bits per heavy atom. The topological polar surface area (TPSA) is 42.2 Å². The number of hydrogen-bond acceptors (Lipinski definition) is 3. The summed E-state index contributed by atoms with van der Waals surface area (Å²) >= 11 is 0. The summed E-state index contributed by atoms with van der Waals surface area (Å²) in [5.41, 5.74) is 0.491. The summed E-state index contributed by atoms with van der Waals surface area (Å²) in [7, 11) is 1.54. The van der Waals surface area contributed by atoms with Crippen LogP contribution in [0.25, 0.3) is 0 Å². The van der Waals surface area contributed by atoms with Crippen LogP contribution in [0.2, 0.25) is 0 Å². The molecule has 0 saturated heterocycles. The average molecular weight is 191 g/mol. The molecule has 0 saturated carbocycles. The van der Waals surface area contributed by atoms with Crippen molar-refractivity contribution < 1.29 is 9.47 Å². The number of nitriles is 1. The Morgan fingerprint density at radius 1 is 1.36 bits per heavy atom. The summed E-state index contributed by atoms with van der Waals surface area (Å²) in [6.07, 6.45) is 0.106. The van der Waals surface area contributed by atoms with Gasteiger partial charge in [-0.15, -0.1) is 0 Å². The predicted molar refractivity (Wildman–Crippen MR) is 53.5 cm³/mol. The Morgan fingerprint density at radius 2 is 2.07 bits per heavy atom. The van der Waals surface area contributed by atoms with E-state index in [0.717, 1.165) is 0 Å². The molecule has 74 valence electrons. The van der Waals surface area contributed by atoms with Gasteiger partial charge in [-0.3, -0.25) is 0 Å². The SMILES string of the molecule is COc1ccc(OC(C)C)cc1C#N. The molecule has 0 aliphatic carbocycles. The molecule has 0 fully saturated rings. The van der Waals surface area contributed by atoms with Crippen LogP contribution in [0, 0.1) is 11.3 Å². The van der Waals surface area contributed by atoms with Crippen molar-refractivity contribution in [2.75, 3.05) is 7.11 Å². The van der Waals surface area contributed by atoms with Gasteiger partial charge in [-0.05, 0) is 26.0 Å². The summed E-state index contributed by atoms with van der Waals surface area (Å²) in [4.78, 5) is 0. The molecule has 1 rings (SSSR count). The highest BCUT2D eigenvalue weighted by Gasteiger charge is 2.04. The minimum Gasteiger partial charge on any atom is -0.495 e. The number of benzene rings is 1. The molecule has 0 aliphatic heterocycles. The Balaban J connectivity index is 2.97. The minimum atomic E-state index is 0.106. The van der Waals surface area contributed by atoms with Crippen LogP contribution in [0.3, 0.4) is 0 Å². The largest absolute Gasteiger partial charge is 0.495 e. The molecule has 0 N–H and O–H groups in total. The van der Waals surface area contributed by atoms with Crippen LogP contribution >= 0.6 is 0 Å². The third-order valence-corrected chi connectivity index (χ3v) is 1.66. The van der Waals surface area contributed by atoms with Crippen LogP contribution in [0.5, 0.6) is 11.5 Å². The lowest BCUT2D eigenvalue weighted by Crippen LogP contribution is -2.05. The van der Waals surface area contributed by atoms with Gasteiger partial charge in [0.05, 0.1) is 18.8 Å². The van der Waals surface area contributed by atoms with Crippen LogP contribution in [-0.4, -0.2) is 13.2 Å². The van der Waals surface area contributed by atoms with E-state index in [9.17, 15) is 0 Å². The maximum atomic E-state index is 8.82. The quantitative estimate of drug-likeness (QED) is 0.736. The highest BCUT2D eigenvalue weighted by Crippen LogP contribution is 2.23. The lowest BCUT2D eigenvalue weighted by Gasteiger charge is -2.10. The van der Waals surface area contributed by atoms with E-state index in [0.29, 0.717) is 17.1 Å². The van der Waals surface area contributed by atoms with E-state index in [2.05, 4.69) is 6.07 Å². The van der Waals surface area contributed by atoms with E-state index in [1.54, 1.807) is 25.3 Å². The van der Waals surface area contributed by atoms with Crippen molar-refractivity contribution in [3.8, 4) is 17.6 Å². The first kappa shape index (κ1) is 10.4. The van der Waals surface area contributed by atoms with E-state index in [4.69, 9.17) is 14.7 Å². The van der Waals surface area contributed by atoms with Gasteiger partial charge >= 0.3 is 0 Å². The molecule has 14 heavy (non-hydrogen) atoms. The van der Waals surface area contributed by atoms with Gasteiger partial charge in [-0.1, -0.05) is 0 Å². The standard InChI is InChI=1S/C11H13NO2/c1-8(2)14-10-4-5-11(13-3)9(6-10)7-12/h4-6,8H,1-3H3. The first-order chi connectivity index (χ1) is 6.67. The van der Waals surface area contributed by atoms with Crippen molar-refractivity contribution in [1.29, 1.82) is 5.26 Å². The van der Waals surface area contributed by atoms with Crippen LogP contribution < -0.4 is 9.47 Å². The number of ether oxygens (including phenoxy) is 2. The Bertz CT molecular complexity index is 353. The van der Waals surface area contributed by atoms with E-state index in [-0.39, 0.29) is 6.10 Å². The zero-order valence-electron chi connectivity index (χ0n) is 8.57. The minimum absolute atomic E-state index is 0.106. The molecule has 0 bridgehead atoms. The molecule has 0 unspecified atom stereocenters. The maximum absolute atomic E-state index is 8.82. The van der Waals surface area contributed by atoms with Gasteiger partial charge in [0.1, 0.15) is 17.6 Å². The van der Waals surface area contributed by atoms with Gasteiger partial charge in [0.2, 0.25) is 0 Å². The van der Waals surface area contributed by atoms with Gasteiger partial charge in [0.25, 0.3) is 0 Å². The van der Waals surface area contributed by atoms with Crippen LogP contribution in [0.4, 0.5) is 0 Å². The van der Waals surface area contributed by atoms with Crippen LogP contribution in [-0.2, 0) is 0 Å². The molecule has 0 aliphatic rings. The predicted octanol–water partition coefficient (Wildman–Crippen LogP) is 2.35. The third kappa shape index (κ3) is 2.40. The lowest BCUT2D eigenvalue weighted by atomic mass is 10.2. The normalized spacial score (nSPS) is 9.64. The molecular formula is C11H13NO2. The van der Waals surface area contributed by atoms with Gasteiger partial charge in [-0.2, -0.15) is 5.26 Å². The summed E-state index contributed by atoms with van der Waals surface area (Å²) in [5.74, 6) is 1.26. The van der Waals surface area contributed by atoms with Gasteiger partial charge in [-0.25, -0.2) is 0 Å². The second-order valence-corrected chi connectivity index (χ2v) is 3.14. The second-order valence-electron chi connectivity index (χ2n) is 3.14. The van der Waals surface area contributed by atoms with Crippen molar-refractivity contribution in [2.24, 2.45) is 0 Å².